The zero-order valence-electron chi connectivity index (χ0n) is 13.2. The van der Waals surface area contributed by atoms with E-state index in [-0.39, 0.29) is 16.3 Å². The number of carbonyl (C=O) groups excluding carboxylic acids is 1. The minimum atomic E-state index is -3.90. The molecule has 0 fully saturated rings. The van der Waals surface area contributed by atoms with Crippen molar-refractivity contribution in [2.45, 2.75) is 10.9 Å². The van der Waals surface area contributed by atoms with Crippen LogP contribution in [0.1, 0.15) is 21.5 Å². The molecule has 0 aliphatic heterocycles. The molecule has 3 aromatic rings. The number of methoxy groups -OCH3 is 1. The Morgan fingerprint density at radius 3 is 2.92 bits per heavy atom. The van der Waals surface area contributed by atoms with Gasteiger partial charge in [-0.1, -0.05) is 0 Å². The van der Waals surface area contributed by atoms with E-state index >= 15 is 0 Å². The van der Waals surface area contributed by atoms with Crippen LogP contribution in [-0.4, -0.2) is 37.8 Å². The highest BCUT2D eigenvalue weighted by Crippen LogP contribution is 2.24. The minimum absolute atomic E-state index is 0.00792. The van der Waals surface area contributed by atoms with E-state index in [9.17, 15) is 13.2 Å². The zero-order valence-corrected chi connectivity index (χ0v) is 14.8. The Morgan fingerprint density at radius 1 is 1.44 bits per heavy atom. The van der Waals surface area contributed by atoms with Crippen molar-refractivity contribution >= 4 is 27.3 Å². The molecule has 25 heavy (non-hydrogen) atoms. The first kappa shape index (κ1) is 17.4. The van der Waals surface area contributed by atoms with Gasteiger partial charge in [0.15, 0.2) is 0 Å². The van der Waals surface area contributed by atoms with Gasteiger partial charge >= 0.3 is 5.97 Å². The van der Waals surface area contributed by atoms with Crippen LogP contribution in [-0.2, 0) is 14.8 Å². The second-order valence-electron chi connectivity index (χ2n) is 4.97. The molecule has 0 saturated heterocycles. The molecular formula is C15H15N3O5S2. The Labute approximate surface area is 148 Å². The molecular weight excluding hydrogens is 366 g/mol. The van der Waals surface area contributed by atoms with E-state index in [4.69, 9.17) is 4.42 Å². The molecule has 0 amide bonds. The van der Waals surface area contributed by atoms with Gasteiger partial charge in [0, 0.05) is 18.9 Å². The number of nitrogens with zero attached hydrogens (tertiary/aromatic N) is 2. The van der Waals surface area contributed by atoms with Crippen molar-refractivity contribution in [2.24, 2.45) is 0 Å². The Bertz CT molecular complexity index is 896. The van der Waals surface area contributed by atoms with Gasteiger partial charge in [0.2, 0.25) is 10.0 Å². The van der Waals surface area contributed by atoms with Gasteiger partial charge in [-0.25, -0.2) is 17.9 Å². The van der Waals surface area contributed by atoms with Gasteiger partial charge in [0.1, 0.15) is 21.6 Å². The third-order valence-corrected chi connectivity index (χ3v) is 5.96. The molecule has 0 aromatic carbocycles. The molecule has 3 heterocycles. The molecule has 1 N–H and O–H groups in total. The summed E-state index contributed by atoms with van der Waals surface area (Å²) >= 11 is 1.01. The molecule has 10 heteroatoms. The van der Waals surface area contributed by atoms with Crippen LogP contribution < -0.4 is 4.72 Å². The van der Waals surface area contributed by atoms with Gasteiger partial charge in [-0.2, -0.15) is 5.10 Å². The van der Waals surface area contributed by atoms with Crippen molar-refractivity contribution in [1.82, 2.24) is 14.5 Å². The van der Waals surface area contributed by atoms with Crippen LogP contribution in [0.5, 0.6) is 0 Å². The number of esters is 1. The van der Waals surface area contributed by atoms with Gasteiger partial charge in [0.25, 0.3) is 0 Å². The molecule has 0 spiro atoms. The molecule has 0 bridgehead atoms. The summed E-state index contributed by atoms with van der Waals surface area (Å²) in [5.74, 6) is -0.130. The molecule has 8 nitrogen and oxygen atoms in total. The third kappa shape index (κ3) is 3.65. The molecule has 3 rings (SSSR count). The van der Waals surface area contributed by atoms with E-state index in [0.717, 1.165) is 11.3 Å². The van der Waals surface area contributed by atoms with Crippen LogP contribution >= 0.6 is 11.3 Å². The molecule has 1 atom stereocenters. The second kappa shape index (κ2) is 7.21. The Morgan fingerprint density at radius 2 is 2.28 bits per heavy atom. The number of sulfonamides is 1. The fourth-order valence-corrected chi connectivity index (χ4v) is 4.66. The predicted octanol–water partition coefficient (Wildman–Crippen LogP) is 1.89. The lowest BCUT2D eigenvalue weighted by Crippen LogP contribution is -2.32. The quantitative estimate of drug-likeness (QED) is 0.627. The first-order valence-corrected chi connectivity index (χ1v) is 9.57. The maximum Gasteiger partial charge on any atom is 0.349 e. The lowest BCUT2D eigenvalue weighted by Gasteiger charge is -2.16. The lowest BCUT2D eigenvalue weighted by atomic mass is 10.2. The van der Waals surface area contributed by atoms with Crippen molar-refractivity contribution in [3.8, 4) is 0 Å². The van der Waals surface area contributed by atoms with Crippen LogP contribution in [0.25, 0.3) is 0 Å². The fourth-order valence-electron chi connectivity index (χ4n) is 2.29. The van der Waals surface area contributed by atoms with Crippen molar-refractivity contribution < 1.29 is 22.4 Å². The van der Waals surface area contributed by atoms with Crippen molar-refractivity contribution in [3.63, 3.8) is 0 Å². The van der Waals surface area contributed by atoms with E-state index < -0.39 is 22.0 Å². The second-order valence-corrected chi connectivity index (χ2v) is 7.63. The van der Waals surface area contributed by atoms with Crippen LogP contribution in [0.4, 0.5) is 0 Å². The van der Waals surface area contributed by atoms with Crippen LogP contribution in [0.2, 0.25) is 0 Å². The van der Waals surface area contributed by atoms with E-state index in [1.54, 1.807) is 35.3 Å². The Balaban J connectivity index is 1.83. The molecule has 3 aromatic heterocycles. The largest absolute Gasteiger partial charge is 0.467 e. The van der Waals surface area contributed by atoms with E-state index in [0.29, 0.717) is 5.76 Å². The maximum absolute atomic E-state index is 12.6. The third-order valence-electron chi connectivity index (χ3n) is 3.47. The van der Waals surface area contributed by atoms with Crippen LogP contribution in [0.3, 0.4) is 0 Å². The van der Waals surface area contributed by atoms with Crippen LogP contribution in [0, 0.1) is 0 Å². The summed E-state index contributed by atoms with van der Waals surface area (Å²) in [6.07, 6.45) is 4.82. The van der Waals surface area contributed by atoms with Crippen molar-refractivity contribution in [1.29, 1.82) is 0 Å². The first-order valence-electron chi connectivity index (χ1n) is 7.21. The van der Waals surface area contributed by atoms with Gasteiger partial charge < -0.3 is 9.15 Å². The molecule has 0 saturated carbocycles. The lowest BCUT2D eigenvalue weighted by molar-refractivity contribution is 0.0602. The van der Waals surface area contributed by atoms with Crippen molar-refractivity contribution in [2.75, 3.05) is 13.7 Å². The number of ether oxygens (including phenoxy) is 1. The topological polar surface area (TPSA) is 103 Å². The Hall–Kier alpha value is -2.43. The summed E-state index contributed by atoms with van der Waals surface area (Å²) < 4.78 is 39.3. The predicted molar refractivity (Wildman–Crippen MR) is 89.9 cm³/mol. The first-order chi connectivity index (χ1) is 12.0. The van der Waals surface area contributed by atoms with E-state index in [2.05, 4.69) is 14.6 Å². The minimum Gasteiger partial charge on any atom is -0.467 e. The SMILES string of the molecule is COC(=O)c1sccc1S(=O)(=O)NCC(c1ccco1)n1cccn1. The summed E-state index contributed by atoms with van der Waals surface area (Å²) in [5, 5.41) is 5.67. The molecule has 0 aliphatic carbocycles. The summed E-state index contributed by atoms with van der Waals surface area (Å²) in [5.41, 5.74) is 0. The average molecular weight is 381 g/mol. The molecule has 1 unspecified atom stereocenters. The fraction of sp³-hybridized carbons (Fsp3) is 0.200. The van der Waals surface area contributed by atoms with Gasteiger partial charge in [-0.15, -0.1) is 11.3 Å². The highest BCUT2D eigenvalue weighted by atomic mass is 32.2. The summed E-state index contributed by atoms with van der Waals surface area (Å²) in [7, 11) is -2.70. The number of hydrogen-bond donors (Lipinski definition) is 1. The summed E-state index contributed by atoms with van der Waals surface area (Å²) in [6.45, 7) is 0.00792. The summed E-state index contributed by atoms with van der Waals surface area (Å²) in [4.78, 5) is 11.6. The number of furan rings is 1. The standard InChI is InChI=1S/C15H15N3O5S2/c1-22-15(19)14-13(5-9-24-14)25(20,21)17-10-11(12-4-2-8-23-12)18-7-3-6-16-18/h2-9,11,17H,10H2,1H3. The summed E-state index contributed by atoms with van der Waals surface area (Å²) in [6, 6.07) is 6.10. The maximum atomic E-state index is 12.6. The van der Waals surface area contributed by atoms with Crippen molar-refractivity contribution in [3.05, 3.63) is 58.9 Å². The number of rotatable bonds is 7. The van der Waals surface area contributed by atoms with E-state index in [1.165, 1.54) is 24.8 Å². The normalized spacial score (nSPS) is 12.8. The molecule has 0 aliphatic rings. The number of carbonyl (C=O) groups is 1. The monoisotopic (exact) mass is 381 g/mol. The molecule has 0 radical (unpaired) electrons. The van der Waals surface area contributed by atoms with Crippen LogP contribution in [0.15, 0.2) is 57.6 Å². The highest BCUT2D eigenvalue weighted by molar-refractivity contribution is 7.89. The molecule has 132 valence electrons. The number of thiophene rings is 1. The van der Waals surface area contributed by atoms with E-state index in [1.807, 2.05) is 0 Å². The smallest absolute Gasteiger partial charge is 0.349 e. The number of aromatic nitrogens is 2. The highest BCUT2D eigenvalue weighted by Gasteiger charge is 2.26. The van der Waals surface area contributed by atoms with Gasteiger partial charge in [-0.3, -0.25) is 4.68 Å². The average Bonchev–Trinajstić information content (AvgIpc) is 3.34. The zero-order chi connectivity index (χ0) is 17.9. The van der Waals surface area contributed by atoms with Gasteiger partial charge in [-0.05, 0) is 29.6 Å². The Kier molecular flexibility index (Phi) is 5.02. The number of nitrogens with one attached hydrogen (secondary N) is 1. The van der Waals surface area contributed by atoms with Gasteiger partial charge in [0.05, 0.1) is 13.4 Å². The number of hydrogen-bond acceptors (Lipinski definition) is 7.